The van der Waals surface area contributed by atoms with Crippen LogP contribution in [0.2, 0.25) is 0 Å². The average Bonchev–Trinajstić information content (AvgIpc) is 2.04. The molecule has 0 aliphatic rings. The van der Waals surface area contributed by atoms with E-state index in [9.17, 15) is 4.79 Å². The second kappa shape index (κ2) is 6.52. The van der Waals surface area contributed by atoms with Gasteiger partial charge in [-0.05, 0) is 19.8 Å². The third-order valence-electron chi connectivity index (χ3n) is 1.44. The van der Waals surface area contributed by atoms with E-state index in [0.717, 1.165) is 6.54 Å². The zero-order chi connectivity index (χ0) is 10.3. The molecular formula is C10H19NO2. The maximum atomic E-state index is 11.1. The van der Waals surface area contributed by atoms with E-state index >= 15 is 0 Å². The van der Waals surface area contributed by atoms with Crippen LogP contribution in [0.25, 0.3) is 0 Å². The highest BCUT2D eigenvalue weighted by Crippen LogP contribution is 1.95. The number of esters is 1. The molecule has 0 aromatic heterocycles. The maximum absolute atomic E-state index is 11.1. The fraction of sp³-hybridized carbons (Fsp3) is 0.700. The van der Waals surface area contributed by atoms with Gasteiger partial charge < -0.3 is 10.1 Å². The highest BCUT2D eigenvalue weighted by atomic mass is 16.5. The zero-order valence-electron chi connectivity index (χ0n) is 8.89. The number of rotatable bonds is 5. The molecule has 0 saturated heterocycles. The SMILES string of the molecule is CCOC(=O)C(C)=CNCC(C)C. The van der Waals surface area contributed by atoms with Crippen LogP contribution < -0.4 is 5.32 Å². The van der Waals surface area contributed by atoms with Crippen molar-refractivity contribution in [3.05, 3.63) is 11.8 Å². The molecule has 76 valence electrons. The summed E-state index contributed by atoms with van der Waals surface area (Å²) in [5.74, 6) is 0.324. The summed E-state index contributed by atoms with van der Waals surface area (Å²) < 4.78 is 4.81. The van der Waals surface area contributed by atoms with E-state index < -0.39 is 0 Å². The topological polar surface area (TPSA) is 38.3 Å². The normalized spacial score (nSPS) is 11.6. The summed E-state index contributed by atoms with van der Waals surface area (Å²) in [5, 5.41) is 3.06. The van der Waals surface area contributed by atoms with Crippen LogP contribution in [0.15, 0.2) is 11.8 Å². The van der Waals surface area contributed by atoms with Gasteiger partial charge in [0.05, 0.1) is 6.61 Å². The van der Waals surface area contributed by atoms with Crippen molar-refractivity contribution in [2.24, 2.45) is 5.92 Å². The summed E-state index contributed by atoms with van der Waals surface area (Å²) in [5.41, 5.74) is 0.613. The molecule has 0 fully saturated rings. The lowest BCUT2D eigenvalue weighted by molar-refractivity contribution is -0.138. The Balaban J connectivity index is 3.80. The number of carbonyl (C=O) groups is 1. The van der Waals surface area contributed by atoms with E-state index in [4.69, 9.17) is 4.74 Å². The highest BCUT2D eigenvalue weighted by Gasteiger charge is 2.02. The first-order valence-electron chi connectivity index (χ1n) is 4.65. The second-order valence-corrected chi connectivity index (χ2v) is 3.35. The molecule has 0 unspecified atom stereocenters. The molecule has 0 aliphatic heterocycles. The highest BCUT2D eigenvalue weighted by molar-refractivity contribution is 5.87. The van der Waals surface area contributed by atoms with Gasteiger partial charge in [0.2, 0.25) is 0 Å². The van der Waals surface area contributed by atoms with Crippen molar-refractivity contribution in [1.82, 2.24) is 5.32 Å². The minimum atomic E-state index is -0.251. The summed E-state index contributed by atoms with van der Waals surface area (Å²) in [4.78, 5) is 11.1. The molecular weight excluding hydrogens is 166 g/mol. The predicted molar refractivity (Wildman–Crippen MR) is 53.2 cm³/mol. The van der Waals surface area contributed by atoms with Gasteiger partial charge in [-0.15, -0.1) is 0 Å². The van der Waals surface area contributed by atoms with Gasteiger partial charge in [-0.3, -0.25) is 0 Å². The molecule has 0 spiro atoms. The lowest BCUT2D eigenvalue weighted by Crippen LogP contribution is -2.15. The molecule has 0 aromatic carbocycles. The number of carbonyl (C=O) groups excluding carboxylic acids is 1. The Bertz CT molecular complexity index is 185. The third-order valence-corrected chi connectivity index (χ3v) is 1.44. The van der Waals surface area contributed by atoms with Gasteiger partial charge in [-0.1, -0.05) is 13.8 Å². The van der Waals surface area contributed by atoms with Crippen LogP contribution in [-0.2, 0) is 9.53 Å². The Hall–Kier alpha value is -0.990. The van der Waals surface area contributed by atoms with E-state index in [0.29, 0.717) is 18.1 Å². The monoisotopic (exact) mass is 185 g/mol. The molecule has 0 saturated carbocycles. The standard InChI is InChI=1S/C10H19NO2/c1-5-13-10(12)9(4)7-11-6-8(2)3/h7-8,11H,5-6H2,1-4H3. The first-order chi connectivity index (χ1) is 6.07. The van der Waals surface area contributed by atoms with Gasteiger partial charge in [-0.25, -0.2) is 4.79 Å². The van der Waals surface area contributed by atoms with Crippen molar-refractivity contribution in [1.29, 1.82) is 0 Å². The molecule has 3 nitrogen and oxygen atoms in total. The summed E-state index contributed by atoms with van der Waals surface area (Å²) in [6.45, 7) is 9.06. The molecule has 3 heteroatoms. The van der Waals surface area contributed by atoms with Crippen molar-refractivity contribution in [3.8, 4) is 0 Å². The molecule has 1 N–H and O–H groups in total. The quantitative estimate of drug-likeness (QED) is 0.523. The minimum absolute atomic E-state index is 0.251. The molecule has 0 atom stereocenters. The Morgan fingerprint density at radius 3 is 2.62 bits per heavy atom. The van der Waals surface area contributed by atoms with Crippen LogP contribution in [0, 0.1) is 5.92 Å². The van der Waals surface area contributed by atoms with Crippen LogP contribution in [0.4, 0.5) is 0 Å². The van der Waals surface area contributed by atoms with Crippen molar-refractivity contribution >= 4 is 5.97 Å². The summed E-state index contributed by atoms with van der Waals surface area (Å²) in [6, 6.07) is 0. The van der Waals surface area contributed by atoms with Crippen molar-refractivity contribution in [2.75, 3.05) is 13.2 Å². The maximum Gasteiger partial charge on any atom is 0.335 e. The van der Waals surface area contributed by atoms with E-state index in [-0.39, 0.29) is 5.97 Å². The lowest BCUT2D eigenvalue weighted by Gasteiger charge is -2.05. The molecule has 0 amide bonds. The van der Waals surface area contributed by atoms with Crippen LogP contribution in [-0.4, -0.2) is 19.1 Å². The lowest BCUT2D eigenvalue weighted by atomic mass is 10.2. The van der Waals surface area contributed by atoms with Gasteiger partial charge in [0.25, 0.3) is 0 Å². The molecule has 0 aliphatic carbocycles. The fourth-order valence-electron chi connectivity index (χ4n) is 0.752. The Kier molecular flexibility index (Phi) is 6.02. The van der Waals surface area contributed by atoms with Crippen molar-refractivity contribution in [2.45, 2.75) is 27.7 Å². The molecule has 0 bridgehead atoms. The summed E-state index contributed by atoms with van der Waals surface area (Å²) in [6.07, 6.45) is 1.71. The molecule has 13 heavy (non-hydrogen) atoms. The van der Waals surface area contributed by atoms with Gasteiger partial charge in [0, 0.05) is 18.3 Å². The van der Waals surface area contributed by atoms with E-state index in [1.165, 1.54) is 0 Å². The smallest absolute Gasteiger partial charge is 0.335 e. The summed E-state index contributed by atoms with van der Waals surface area (Å²) in [7, 11) is 0. The molecule has 0 heterocycles. The predicted octanol–water partition coefficient (Wildman–Crippen LogP) is 1.70. The number of hydrogen-bond donors (Lipinski definition) is 1. The van der Waals surface area contributed by atoms with E-state index in [2.05, 4.69) is 19.2 Å². The second-order valence-electron chi connectivity index (χ2n) is 3.35. The Labute approximate surface area is 80.2 Å². The number of ether oxygens (including phenoxy) is 1. The third kappa shape index (κ3) is 6.20. The Morgan fingerprint density at radius 2 is 2.15 bits per heavy atom. The molecule has 0 radical (unpaired) electrons. The van der Waals surface area contributed by atoms with E-state index in [1.807, 2.05) is 0 Å². The van der Waals surface area contributed by atoms with Crippen LogP contribution in [0.3, 0.4) is 0 Å². The van der Waals surface area contributed by atoms with Crippen LogP contribution >= 0.6 is 0 Å². The van der Waals surface area contributed by atoms with Crippen LogP contribution in [0.1, 0.15) is 27.7 Å². The molecule has 0 aromatic rings. The van der Waals surface area contributed by atoms with Gasteiger partial charge in [0.1, 0.15) is 0 Å². The number of hydrogen-bond acceptors (Lipinski definition) is 3. The van der Waals surface area contributed by atoms with Crippen molar-refractivity contribution < 1.29 is 9.53 Å². The summed E-state index contributed by atoms with van der Waals surface area (Å²) >= 11 is 0. The first kappa shape index (κ1) is 12.0. The minimum Gasteiger partial charge on any atom is -0.463 e. The zero-order valence-corrected chi connectivity index (χ0v) is 8.89. The Morgan fingerprint density at radius 1 is 1.54 bits per heavy atom. The van der Waals surface area contributed by atoms with Gasteiger partial charge in [0.15, 0.2) is 0 Å². The number of nitrogens with one attached hydrogen (secondary N) is 1. The first-order valence-corrected chi connectivity index (χ1v) is 4.65. The largest absolute Gasteiger partial charge is 0.463 e. The molecule has 0 rings (SSSR count). The van der Waals surface area contributed by atoms with E-state index in [1.54, 1.807) is 20.0 Å². The average molecular weight is 185 g/mol. The fourth-order valence-corrected chi connectivity index (χ4v) is 0.752. The van der Waals surface area contributed by atoms with Gasteiger partial charge in [-0.2, -0.15) is 0 Å². The van der Waals surface area contributed by atoms with Gasteiger partial charge >= 0.3 is 5.97 Å². The van der Waals surface area contributed by atoms with Crippen LogP contribution in [0.5, 0.6) is 0 Å². The van der Waals surface area contributed by atoms with Crippen molar-refractivity contribution in [3.63, 3.8) is 0 Å².